The Hall–Kier alpha value is -1.87. The molecule has 6 nitrogen and oxygen atoms in total. The third-order valence-electron chi connectivity index (χ3n) is 7.95. The minimum absolute atomic E-state index is 0.00191. The van der Waals surface area contributed by atoms with Crippen LogP contribution in [0.25, 0.3) is 0 Å². The van der Waals surface area contributed by atoms with E-state index >= 15 is 0 Å². The van der Waals surface area contributed by atoms with Crippen LogP contribution >= 0.6 is 0 Å². The number of hydrogen-bond acceptors (Lipinski definition) is 4. The molecule has 184 valence electrons. The molecule has 0 aromatic carbocycles. The van der Waals surface area contributed by atoms with E-state index in [1.54, 1.807) is 4.90 Å². The van der Waals surface area contributed by atoms with E-state index < -0.39 is 22.7 Å². The number of nitrogens with zero attached hydrogens (tertiary/aromatic N) is 2. The lowest BCUT2D eigenvalue weighted by Gasteiger charge is -2.40. The van der Waals surface area contributed by atoms with E-state index in [9.17, 15) is 22.8 Å². The Kier molecular flexibility index (Phi) is 6.66. The van der Waals surface area contributed by atoms with E-state index in [-0.39, 0.29) is 36.7 Å². The number of nitrogens with one attached hydrogen (secondary N) is 1. The molecule has 2 aliphatic heterocycles. The Bertz CT molecular complexity index is 945. The third-order valence-corrected chi connectivity index (χ3v) is 7.95. The van der Waals surface area contributed by atoms with Crippen molar-refractivity contribution >= 4 is 5.91 Å². The van der Waals surface area contributed by atoms with Gasteiger partial charge in [-0.1, -0.05) is 20.8 Å². The van der Waals surface area contributed by atoms with Crippen molar-refractivity contribution in [1.29, 1.82) is 0 Å². The molecule has 3 heterocycles. The fourth-order valence-corrected chi connectivity index (χ4v) is 5.80. The lowest BCUT2D eigenvalue weighted by molar-refractivity contribution is -0.146. The monoisotopic (exact) mass is 469 g/mol. The maximum atomic E-state index is 13.8. The summed E-state index contributed by atoms with van der Waals surface area (Å²) in [6.45, 7) is 8.36. The highest BCUT2D eigenvalue weighted by Crippen LogP contribution is 2.46. The van der Waals surface area contributed by atoms with Gasteiger partial charge >= 0.3 is 6.18 Å². The summed E-state index contributed by atoms with van der Waals surface area (Å²) < 4.78 is 46.6. The number of halogens is 3. The van der Waals surface area contributed by atoms with Gasteiger partial charge in [0.1, 0.15) is 0 Å². The molecule has 3 aliphatic rings. The predicted octanol–water partition coefficient (Wildman–Crippen LogP) is 3.42. The van der Waals surface area contributed by atoms with E-state index in [1.807, 2.05) is 0 Å². The molecule has 0 radical (unpaired) electrons. The molecule has 4 rings (SSSR count). The second kappa shape index (κ2) is 9.06. The topological polar surface area (TPSA) is 63.6 Å². The number of carbonyl (C=O) groups is 1. The predicted molar refractivity (Wildman–Crippen MR) is 118 cm³/mol. The molecule has 1 saturated heterocycles. The summed E-state index contributed by atoms with van der Waals surface area (Å²) in [5.41, 5.74) is -1.92. The number of amides is 1. The Balaban J connectivity index is 1.51. The fourth-order valence-electron chi connectivity index (χ4n) is 5.80. The van der Waals surface area contributed by atoms with Crippen LogP contribution in [0.15, 0.2) is 16.9 Å². The van der Waals surface area contributed by atoms with E-state index in [4.69, 9.17) is 4.74 Å². The Labute approximate surface area is 192 Å². The highest BCUT2D eigenvalue weighted by atomic mass is 19.4. The van der Waals surface area contributed by atoms with Crippen molar-refractivity contribution in [3.63, 3.8) is 0 Å². The molecule has 9 heteroatoms. The highest BCUT2D eigenvalue weighted by molar-refractivity contribution is 5.83. The molecule has 0 spiro atoms. The number of alkyl halides is 3. The van der Waals surface area contributed by atoms with Crippen molar-refractivity contribution in [2.24, 2.45) is 17.3 Å². The van der Waals surface area contributed by atoms with Crippen LogP contribution in [0, 0.1) is 17.3 Å². The molecule has 33 heavy (non-hydrogen) atoms. The number of rotatable bonds is 4. The number of hydrogen-bond donors (Lipinski definition) is 1. The summed E-state index contributed by atoms with van der Waals surface area (Å²) in [6, 6.07) is 2.25. The minimum atomic E-state index is -4.59. The van der Waals surface area contributed by atoms with Gasteiger partial charge in [-0.15, -0.1) is 0 Å². The van der Waals surface area contributed by atoms with Crippen LogP contribution in [0.3, 0.4) is 0 Å². The first-order chi connectivity index (χ1) is 15.5. The summed E-state index contributed by atoms with van der Waals surface area (Å²) in [6.07, 6.45) is -1.26. The molecule has 4 atom stereocenters. The van der Waals surface area contributed by atoms with Gasteiger partial charge in [-0.3, -0.25) is 9.59 Å². The van der Waals surface area contributed by atoms with Crippen molar-refractivity contribution < 1.29 is 22.7 Å². The van der Waals surface area contributed by atoms with Crippen LogP contribution in [0.4, 0.5) is 13.2 Å². The maximum absolute atomic E-state index is 13.8. The molecule has 0 bridgehead atoms. The SMILES string of the molecule is CC(C)[C@]1(C(=O)N2CCn3c(cc(C(F)(F)F)cc3=O)C2)CC[C@@H](NC2CCOC[C@H]2C)C1. The van der Waals surface area contributed by atoms with Gasteiger partial charge in [-0.25, -0.2) is 0 Å². The van der Waals surface area contributed by atoms with Gasteiger partial charge in [-0.05, 0) is 43.6 Å². The van der Waals surface area contributed by atoms with Gasteiger partial charge in [0.2, 0.25) is 5.91 Å². The molecule has 1 N–H and O–H groups in total. The largest absolute Gasteiger partial charge is 0.416 e. The summed E-state index contributed by atoms with van der Waals surface area (Å²) in [5, 5.41) is 3.76. The summed E-state index contributed by atoms with van der Waals surface area (Å²) in [5.74, 6) is 0.524. The number of ether oxygens (including phenoxy) is 1. The van der Waals surface area contributed by atoms with E-state index in [0.717, 1.165) is 45.0 Å². The van der Waals surface area contributed by atoms with Crippen molar-refractivity contribution in [2.75, 3.05) is 19.8 Å². The van der Waals surface area contributed by atoms with Gasteiger partial charge in [0, 0.05) is 43.5 Å². The second-order valence-corrected chi connectivity index (χ2v) is 10.3. The number of aromatic nitrogens is 1. The quantitative estimate of drug-likeness (QED) is 0.734. The van der Waals surface area contributed by atoms with Gasteiger partial charge in [-0.2, -0.15) is 13.2 Å². The molecule has 2 fully saturated rings. The van der Waals surface area contributed by atoms with E-state index in [0.29, 0.717) is 24.6 Å². The molecular formula is C24H34F3N3O3. The zero-order valence-electron chi connectivity index (χ0n) is 19.6. The zero-order chi connectivity index (χ0) is 24.0. The number of carbonyl (C=O) groups excluding carboxylic acids is 1. The van der Waals surface area contributed by atoms with Crippen molar-refractivity contribution in [3.05, 3.63) is 33.7 Å². The van der Waals surface area contributed by atoms with Gasteiger partial charge in [0.15, 0.2) is 0 Å². The zero-order valence-corrected chi connectivity index (χ0v) is 19.6. The molecule has 1 saturated carbocycles. The van der Waals surface area contributed by atoms with Crippen molar-refractivity contribution in [2.45, 2.75) is 77.8 Å². The molecule has 1 aromatic heterocycles. The first-order valence-electron chi connectivity index (χ1n) is 12.0. The first-order valence-corrected chi connectivity index (χ1v) is 12.0. The van der Waals surface area contributed by atoms with Gasteiger partial charge in [0.05, 0.1) is 24.1 Å². The Morgan fingerprint density at radius 1 is 1.24 bits per heavy atom. The average Bonchev–Trinajstić information content (AvgIpc) is 3.19. The average molecular weight is 470 g/mol. The second-order valence-electron chi connectivity index (χ2n) is 10.3. The van der Waals surface area contributed by atoms with Crippen LogP contribution in [-0.2, 0) is 28.8 Å². The normalized spacial score (nSPS) is 30.5. The van der Waals surface area contributed by atoms with Crippen molar-refractivity contribution in [1.82, 2.24) is 14.8 Å². The van der Waals surface area contributed by atoms with E-state index in [2.05, 4.69) is 26.1 Å². The maximum Gasteiger partial charge on any atom is 0.416 e. The third kappa shape index (κ3) is 4.71. The van der Waals surface area contributed by atoms with Crippen LogP contribution in [0.5, 0.6) is 0 Å². The lowest BCUT2D eigenvalue weighted by atomic mass is 9.74. The molecule has 1 aromatic rings. The highest BCUT2D eigenvalue weighted by Gasteiger charge is 2.50. The van der Waals surface area contributed by atoms with Gasteiger partial charge < -0.3 is 19.5 Å². The van der Waals surface area contributed by atoms with Crippen LogP contribution in [-0.4, -0.2) is 47.2 Å². The molecule has 1 unspecified atom stereocenters. The number of fused-ring (bicyclic) bond motifs is 1. The summed E-state index contributed by atoms with van der Waals surface area (Å²) in [4.78, 5) is 27.7. The van der Waals surface area contributed by atoms with E-state index in [1.165, 1.54) is 4.57 Å². The molecule has 1 aliphatic carbocycles. The number of pyridine rings is 1. The summed E-state index contributed by atoms with van der Waals surface area (Å²) >= 11 is 0. The molecular weight excluding hydrogens is 435 g/mol. The smallest absolute Gasteiger partial charge is 0.381 e. The first kappa shape index (κ1) is 24.3. The standard InChI is InChI=1S/C24H34F3N3O3/c1-15(2)23(6-4-18(12-23)28-20-5-9-33-14-16(20)3)22(32)29-7-8-30-19(13-29)10-17(11-21(30)31)24(25,26)27/h10-11,15-16,18,20,28H,4-9,12-14H2,1-3H3/t16-,18-,20?,23+/m1/s1. The Morgan fingerprint density at radius 2 is 2.00 bits per heavy atom. The van der Waals surface area contributed by atoms with Crippen molar-refractivity contribution in [3.8, 4) is 0 Å². The lowest BCUT2D eigenvalue weighted by Crippen LogP contribution is -2.51. The molecule has 1 amide bonds. The van der Waals surface area contributed by atoms with Crippen LogP contribution in [0.2, 0.25) is 0 Å². The van der Waals surface area contributed by atoms with Crippen LogP contribution < -0.4 is 10.9 Å². The van der Waals surface area contributed by atoms with Crippen LogP contribution in [0.1, 0.15) is 57.7 Å². The minimum Gasteiger partial charge on any atom is -0.381 e. The van der Waals surface area contributed by atoms with Gasteiger partial charge in [0.25, 0.3) is 5.56 Å². The fraction of sp³-hybridized carbons (Fsp3) is 0.750. The summed E-state index contributed by atoms with van der Waals surface area (Å²) in [7, 11) is 0. The Morgan fingerprint density at radius 3 is 2.67 bits per heavy atom.